The fourth-order valence-corrected chi connectivity index (χ4v) is 1.90. The molecule has 114 valence electrons. The van der Waals surface area contributed by atoms with Crippen molar-refractivity contribution < 1.29 is 9.84 Å². The molecular formula is C19H21NO2. The van der Waals surface area contributed by atoms with Crippen LogP contribution in [-0.2, 0) is 4.74 Å². The van der Waals surface area contributed by atoms with Gasteiger partial charge in [-0.3, -0.25) is 4.98 Å². The summed E-state index contributed by atoms with van der Waals surface area (Å²) in [6, 6.07) is 12.1. The van der Waals surface area contributed by atoms with E-state index in [4.69, 9.17) is 4.74 Å². The fourth-order valence-electron chi connectivity index (χ4n) is 1.90. The van der Waals surface area contributed by atoms with Crippen LogP contribution in [0.1, 0.15) is 23.6 Å². The summed E-state index contributed by atoms with van der Waals surface area (Å²) >= 11 is 0. The summed E-state index contributed by atoms with van der Waals surface area (Å²) < 4.78 is 5.16. The molecule has 3 nitrogen and oxygen atoms in total. The lowest BCUT2D eigenvalue weighted by Crippen LogP contribution is -2.11. The first-order valence-electron chi connectivity index (χ1n) is 7.40. The summed E-state index contributed by atoms with van der Waals surface area (Å²) in [7, 11) is 0. The molecule has 0 saturated heterocycles. The van der Waals surface area contributed by atoms with E-state index >= 15 is 0 Å². The van der Waals surface area contributed by atoms with Crippen molar-refractivity contribution in [2.75, 3.05) is 13.2 Å². The van der Waals surface area contributed by atoms with Crippen molar-refractivity contribution in [2.24, 2.45) is 0 Å². The van der Waals surface area contributed by atoms with Crippen LogP contribution in [0.15, 0.2) is 54.9 Å². The van der Waals surface area contributed by atoms with Gasteiger partial charge in [0.05, 0.1) is 12.7 Å². The third-order valence-corrected chi connectivity index (χ3v) is 3.09. The predicted molar refractivity (Wildman–Crippen MR) is 91.1 cm³/mol. The van der Waals surface area contributed by atoms with Gasteiger partial charge >= 0.3 is 0 Å². The van der Waals surface area contributed by atoms with Gasteiger partial charge in [-0.25, -0.2) is 0 Å². The summed E-state index contributed by atoms with van der Waals surface area (Å²) in [5.74, 6) is 0. The van der Waals surface area contributed by atoms with E-state index in [1.54, 1.807) is 12.3 Å². The maximum atomic E-state index is 9.68. The van der Waals surface area contributed by atoms with Crippen molar-refractivity contribution in [1.82, 2.24) is 4.98 Å². The quantitative estimate of drug-likeness (QED) is 0.847. The molecule has 0 aliphatic heterocycles. The van der Waals surface area contributed by atoms with Crippen LogP contribution in [0, 0.1) is 0 Å². The van der Waals surface area contributed by atoms with Crippen molar-refractivity contribution in [3.8, 4) is 0 Å². The number of aliphatic hydroxyl groups is 1. The van der Waals surface area contributed by atoms with Crippen LogP contribution in [0.4, 0.5) is 0 Å². The number of aliphatic hydroxyl groups excluding tert-OH is 1. The molecule has 1 unspecified atom stereocenters. The first-order valence-corrected chi connectivity index (χ1v) is 7.40. The number of pyridine rings is 1. The highest BCUT2D eigenvalue weighted by Gasteiger charge is 1.97. The average molecular weight is 295 g/mol. The zero-order chi connectivity index (χ0) is 15.6. The highest BCUT2D eigenvalue weighted by molar-refractivity contribution is 5.69. The fraction of sp³-hybridized carbons (Fsp3) is 0.211. The molecule has 0 saturated carbocycles. The van der Waals surface area contributed by atoms with Gasteiger partial charge in [-0.2, -0.15) is 0 Å². The summed E-state index contributed by atoms with van der Waals surface area (Å²) in [4.78, 5) is 4.08. The lowest BCUT2D eigenvalue weighted by atomic mass is 10.1. The largest absolute Gasteiger partial charge is 0.387 e. The molecule has 1 atom stereocenters. The Labute approximate surface area is 131 Å². The second kappa shape index (κ2) is 8.93. The molecule has 2 aromatic rings. The smallest absolute Gasteiger partial charge is 0.0957 e. The minimum Gasteiger partial charge on any atom is -0.387 e. The monoisotopic (exact) mass is 295 g/mol. The van der Waals surface area contributed by atoms with E-state index in [-0.39, 0.29) is 0 Å². The van der Waals surface area contributed by atoms with E-state index in [1.807, 2.05) is 61.7 Å². The second-order valence-electron chi connectivity index (χ2n) is 4.87. The number of nitrogens with zero attached hydrogens (tertiary/aromatic N) is 1. The molecule has 0 amide bonds. The van der Waals surface area contributed by atoms with Crippen LogP contribution < -0.4 is 0 Å². The van der Waals surface area contributed by atoms with E-state index in [9.17, 15) is 5.11 Å². The molecule has 0 bridgehead atoms. The molecular weight excluding hydrogens is 274 g/mol. The Balaban J connectivity index is 1.93. The van der Waals surface area contributed by atoms with E-state index < -0.39 is 6.10 Å². The van der Waals surface area contributed by atoms with Gasteiger partial charge in [0.2, 0.25) is 0 Å². The molecule has 0 radical (unpaired) electrons. The Hall–Kier alpha value is -2.23. The van der Waals surface area contributed by atoms with Crippen LogP contribution >= 0.6 is 0 Å². The van der Waals surface area contributed by atoms with Gasteiger partial charge < -0.3 is 9.84 Å². The summed E-state index contributed by atoms with van der Waals surface area (Å²) in [6.07, 6.45) is 10.8. The summed E-state index contributed by atoms with van der Waals surface area (Å²) in [6.45, 7) is 2.86. The Morgan fingerprint density at radius 1 is 1.05 bits per heavy atom. The van der Waals surface area contributed by atoms with Crippen molar-refractivity contribution in [1.29, 1.82) is 0 Å². The van der Waals surface area contributed by atoms with Crippen LogP contribution in [0.25, 0.3) is 18.2 Å². The normalized spacial score (nSPS) is 13.0. The van der Waals surface area contributed by atoms with Crippen LogP contribution in [-0.4, -0.2) is 29.4 Å². The molecule has 22 heavy (non-hydrogen) atoms. The van der Waals surface area contributed by atoms with Gasteiger partial charge in [0, 0.05) is 19.0 Å². The first kappa shape index (κ1) is 16.1. The number of hydrogen-bond donors (Lipinski definition) is 1. The average Bonchev–Trinajstić information content (AvgIpc) is 2.58. The second-order valence-corrected chi connectivity index (χ2v) is 4.87. The number of benzene rings is 1. The molecule has 1 aromatic heterocycles. The van der Waals surface area contributed by atoms with Crippen molar-refractivity contribution in [3.63, 3.8) is 0 Å². The summed E-state index contributed by atoms with van der Waals surface area (Å²) in [5.41, 5.74) is 3.25. The van der Waals surface area contributed by atoms with Crippen LogP contribution in [0.3, 0.4) is 0 Å². The Kier molecular flexibility index (Phi) is 6.55. The lowest BCUT2D eigenvalue weighted by Gasteiger charge is -2.04. The minimum atomic E-state index is -0.565. The highest BCUT2D eigenvalue weighted by atomic mass is 16.5. The number of ether oxygens (including phenoxy) is 1. The lowest BCUT2D eigenvalue weighted by molar-refractivity contribution is 0.0672. The van der Waals surface area contributed by atoms with Gasteiger partial charge in [0.1, 0.15) is 0 Å². The zero-order valence-electron chi connectivity index (χ0n) is 12.7. The zero-order valence-corrected chi connectivity index (χ0v) is 12.7. The van der Waals surface area contributed by atoms with Crippen molar-refractivity contribution >= 4 is 18.2 Å². The van der Waals surface area contributed by atoms with Gasteiger partial charge in [-0.15, -0.1) is 0 Å². The first-order chi connectivity index (χ1) is 10.8. The highest BCUT2D eigenvalue weighted by Crippen LogP contribution is 2.10. The molecule has 0 aliphatic rings. The third-order valence-electron chi connectivity index (χ3n) is 3.09. The molecule has 1 N–H and O–H groups in total. The van der Waals surface area contributed by atoms with Gasteiger partial charge in [0.25, 0.3) is 0 Å². The minimum absolute atomic E-state index is 0.332. The van der Waals surface area contributed by atoms with Gasteiger partial charge in [-0.1, -0.05) is 54.6 Å². The molecule has 3 heteroatoms. The molecule has 1 heterocycles. The van der Waals surface area contributed by atoms with E-state index in [2.05, 4.69) is 11.1 Å². The Morgan fingerprint density at radius 3 is 2.36 bits per heavy atom. The maximum absolute atomic E-state index is 9.68. The molecule has 0 spiro atoms. The molecule has 0 fully saturated rings. The molecule has 1 aromatic carbocycles. The topological polar surface area (TPSA) is 42.4 Å². The van der Waals surface area contributed by atoms with E-state index in [0.29, 0.717) is 13.2 Å². The molecule has 2 rings (SSSR count). The SMILES string of the molecule is CCOCC(O)/C=C/c1ccc(/C=C/c2cccnc2)cc1. The van der Waals surface area contributed by atoms with E-state index in [1.165, 1.54) is 0 Å². The maximum Gasteiger partial charge on any atom is 0.0957 e. The van der Waals surface area contributed by atoms with E-state index in [0.717, 1.165) is 16.7 Å². The number of rotatable bonds is 7. The number of aromatic nitrogens is 1. The van der Waals surface area contributed by atoms with Crippen molar-refractivity contribution in [2.45, 2.75) is 13.0 Å². The molecule has 0 aliphatic carbocycles. The predicted octanol–water partition coefficient (Wildman–Crippen LogP) is 3.66. The van der Waals surface area contributed by atoms with Gasteiger partial charge in [-0.05, 0) is 29.7 Å². The van der Waals surface area contributed by atoms with Crippen molar-refractivity contribution in [3.05, 3.63) is 71.6 Å². The number of hydrogen-bond acceptors (Lipinski definition) is 3. The summed E-state index contributed by atoms with van der Waals surface area (Å²) in [5, 5.41) is 9.68. The third kappa shape index (κ3) is 5.64. The van der Waals surface area contributed by atoms with Crippen LogP contribution in [0.5, 0.6) is 0 Å². The Bertz CT molecular complexity index is 603. The van der Waals surface area contributed by atoms with Gasteiger partial charge in [0.15, 0.2) is 0 Å². The standard InChI is InChI=1S/C19H21NO2/c1-2-22-15-19(21)12-11-17-7-5-16(6-8-17)9-10-18-4-3-13-20-14-18/h3-14,19,21H,2,15H2,1H3/b10-9+,12-11+. The Morgan fingerprint density at radius 2 is 1.73 bits per heavy atom. The van der Waals surface area contributed by atoms with Crippen LogP contribution in [0.2, 0.25) is 0 Å².